The van der Waals surface area contributed by atoms with Crippen LogP contribution in [-0.4, -0.2) is 15.9 Å². The van der Waals surface area contributed by atoms with Gasteiger partial charge in [-0.3, -0.25) is 4.79 Å². The number of Topliss-reactive ketones (excluding diaryl/α,β-unsaturated/α-hetero) is 1. The van der Waals surface area contributed by atoms with Crippen molar-refractivity contribution in [2.45, 2.75) is 11.7 Å². The maximum absolute atomic E-state index is 12.3. The van der Waals surface area contributed by atoms with E-state index in [2.05, 4.69) is 4.99 Å². The minimum absolute atomic E-state index is 0.0277. The molecule has 2 aromatic carbocycles. The highest BCUT2D eigenvalue weighted by Crippen LogP contribution is 2.41. The van der Waals surface area contributed by atoms with Gasteiger partial charge in [0.05, 0.1) is 17.5 Å². The molecule has 1 aliphatic rings. The van der Waals surface area contributed by atoms with Crippen LogP contribution in [0.2, 0.25) is 0 Å². The number of aliphatic imine (C=N–C) groups is 1. The van der Waals surface area contributed by atoms with Crippen LogP contribution in [0.5, 0.6) is 0 Å². The van der Waals surface area contributed by atoms with Crippen LogP contribution in [0.1, 0.15) is 17.2 Å². The maximum Gasteiger partial charge on any atom is 0.170 e. The van der Waals surface area contributed by atoms with E-state index in [0.717, 1.165) is 17.5 Å². The molecule has 3 rings (SSSR count). The van der Waals surface area contributed by atoms with E-state index >= 15 is 0 Å². The first kappa shape index (κ1) is 14.6. The summed E-state index contributed by atoms with van der Waals surface area (Å²) in [7, 11) is 0. The lowest BCUT2D eigenvalue weighted by atomic mass is 10.0. The minimum Gasteiger partial charge on any atom is -0.515 e. The molecule has 2 aromatic rings. The molecule has 1 saturated heterocycles. The van der Waals surface area contributed by atoms with Gasteiger partial charge in [-0.05, 0) is 17.7 Å². The van der Waals surface area contributed by atoms with Gasteiger partial charge in [-0.2, -0.15) is 0 Å². The van der Waals surface area contributed by atoms with Crippen molar-refractivity contribution in [1.29, 1.82) is 0 Å². The number of thioether (sulfide) groups is 1. The maximum atomic E-state index is 12.3. The molecule has 0 amide bonds. The number of ketones is 1. The smallest absolute Gasteiger partial charge is 0.170 e. The summed E-state index contributed by atoms with van der Waals surface area (Å²) in [5.41, 5.74) is 2.16. The summed E-state index contributed by atoms with van der Waals surface area (Å²) in [6.07, 6.45) is 1.24. The molecular formula is C18H15NO2S. The van der Waals surface area contributed by atoms with Crippen LogP contribution in [0.4, 0.5) is 5.69 Å². The van der Waals surface area contributed by atoms with Crippen LogP contribution in [-0.2, 0) is 4.79 Å². The molecule has 0 radical (unpaired) electrons. The Labute approximate surface area is 133 Å². The van der Waals surface area contributed by atoms with Crippen molar-refractivity contribution in [1.82, 2.24) is 0 Å². The summed E-state index contributed by atoms with van der Waals surface area (Å²) >= 11 is 1.52. The number of para-hydroxylation sites is 1. The van der Waals surface area contributed by atoms with Crippen LogP contribution in [0.25, 0.3) is 0 Å². The molecule has 1 atom stereocenters. The third kappa shape index (κ3) is 3.12. The van der Waals surface area contributed by atoms with Crippen molar-refractivity contribution in [2.75, 3.05) is 0 Å². The Kier molecular flexibility index (Phi) is 4.39. The lowest BCUT2D eigenvalue weighted by molar-refractivity contribution is -0.115. The number of aliphatic hydroxyl groups excluding tert-OH is 1. The summed E-state index contributed by atoms with van der Waals surface area (Å²) in [6, 6.07) is 19.4. The van der Waals surface area contributed by atoms with Gasteiger partial charge >= 0.3 is 0 Å². The lowest BCUT2D eigenvalue weighted by Gasteiger charge is -2.23. The topological polar surface area (TPSA) is 49.7 Å². The average molecular weight is 309 g/mol. The van der Waals surface area contributed by atoms with Gasteiger partial charge in [0.2, 0.25) is 0 Å². The van der Waals surface area contributed by atoms with Crippen LogP contribution < -0.4 is 0 Å². The van der Waals surface area contributed by atoms with Crippen molar-refractivity contribution in [3.63, 3.8) is 0 Å². The zero-order valence-corrected chi connectivity index (χ0v) is 12.7. The summed E-state index contributed by atoms with van der Waals surface area (Å²) in [6.45, 7) is 0. The zero-order valence-electron chi connectivity index (χ0n) is 11.8. The Morgan fingerprint density at radius 2 is 1.68 bits per heavy atom. The lowest BCUT2D eigenvalue weighted by Crippen LogP contribution is -2.20. The van der Waals surface area contributed by atoms with E-state index in [4.69, 9.17) is 0 Å². The van der Waals surface area contributed by atoms with E-state index in [1.807, 2.05) is 60.7 Å². The van der Waals surface area contributed by atoms with Crippen molar-refractivity contribution < 1.29 is 9.90 Å². The van der Waals surface area contributed by atoms with Gasteiger partial charge in [0.1, 0.15) is 5.04 Å². The highest BCUT2D eigenvalue weighted by molar-refractivity contribution is 8.14. The number of hydrogen-bond donors (Lipinski definition) is 1. The summed E-state index contributed by atoms with van der Waals surface area (Å²) in [4.78, 5) is 16.8. The molecule has 1 heterocycles. The Balaban J connectivity index is 1.96. The third-order valence-corrected chi connectivity index (χ3v) is 4.70. The van der Waals surface area contributed by atoms with Gasteiger partial charge in [-0.15, -0.1) is 0 Å². The molecule has 4 heteroatoms. The molecule has 0 aliphatic carbocycles. The highest BCUT2D eigenvalue weighted by atomic mass is 32.2. The van der Waals surface area contributed by atoms with E-state index in [0.29, 0.717) is 17.0 Å². The Morgan fingerprint density at radius 1 is 1.05 bits per heavy atom. The van der Waals surface area contributed by atoms with Crippen LogP contribution >= 0.6 is 11.8 Å². The molecule has 0 aromatic heterocycles. The summed E-state index contributed by atoms with van der Waals surface area (Å²) in [5, 5.41) is 9.99. The zero-order chi connectivity index (χ0) is 15.4. The Morgan fingerprint density at radius 3 is 2.32 bits per heavy atom. The number of benzene rings is 2. The quantitative estimate of drug-likeness (QED) is 0.651. The molecule has 3 nitrogen and oxygen atoms in total. The number of rotatable bonds is 2. The van der Waals surface area contributed by atoms with Gasteiger partial charge in [-0.25, -0.2) is 4.99 Å². The van der Waals surface area contributed by atoms with Crippen molar-refractivity contribution in [3.05, 3.63) is 78.1 Å². The number of carbonyl (C=O) groups is 1. The van der Waals surface area contributed by atoms with Gasteiger partial charge in [0, 0.05) is 11.7 Å². The van der Waals surface area contributed by atoms with Crippen LogP contribution in [0.15, 0.2) is 77.5 Å². The molecule has 0 spiro atoms. The second-order valence-corrected chi connectivity index (χ2v) is 6.13. The van der Waals surface area contributed by atoms with Crippen molar-refractivity contribution in [3.8, 4) is 0 Å². The molecule has 1 N–H and O–H groups in total. The van der Waals surface area contributed by atoms with E-state index in [1.54, 1.807) is 0 Å². The molecule has 110 valence electrons. The van der Waals surface area contributed by atoms with Gasteiger partial charge in [-0.1, -0.05) is 60.3 Å². The Bertz CT molecular complexity index is 723. The molecular weight excluding hydrogens is 294 g/mol. The largest absolute Gasteiger partial charge is 0.515 e. The van der Waals surface area contributed by atoms with Gasteiger partial charge in [0.25, 0.3) is 0 Å². The minimum atomic E-state index is -0.0789. The van der Waals surface area contributed by atoms with Gasteiger partial charge in [0.15, 0.2) is 5.78 Å². The van der Waals surface area contributed by atoms with Crippen LogP contribution in [0.3, 0.4) is 0 Å². The first-order valence-electron chi connectivity index (χ1n) is 7.01. The van der Waals surface area contributed by atoms with Crippen molar-refractivity contribution in [2.24, 2.45) is 4.99 Å². The average Bonchev–Trinajstić information content (AvgIpc) is 2.56. The molecule has 1 fully saturated rings. The molecule has 0 bridgehead atoms. The predicted octanol–water partition coefficient (Wildman–Crippen LogP) is 4.61. The molecule has 1 unspecified atom stereocenters. The van der Waals surface area contributed by atoms with E-state index in [1.165, 1.54) is 11.8 Å². The SMILES string of the molecule is O=C1CC(c2ccccc2)SC(=Nc2ccccc2)/C1=C\O. The molecule has 0 saturated carbocycles. The third-order valence-electron chi connectivity index (χ3n) is 3.44. The highest BCUT2D eigenvalue weighted by Gasteiger charge is 2.30. The van der Waals surface area contributed by atoms with E-state index < -0.39 is 0 Å². The summed E-state index contributed by atoms with van der Waals surface area (Å²) in [5.74, 6) is -0.0789. The Hall–Kier alpha value is -2.33. The monoisotopic (exact) mass is 309 g/mol. The summed E-state index contributed by atoms with van der Waals surface area (Å²) < 4.78 is 0. The predicted molar refractivity (Wildman–Crippen MR) is 90.6 cm³/mol. The first-order valence-corrected chi connectivity index (χ1v) is 7.89. The van der Waals surface area contributed by atoms with E-state index in [-0.39, 0.29) is 11.0 Å². The van der Waals surface area contributed by atoms with Crippen LogP contribution in [0, 0.1) is 0 Å². The first-order chi connectivity index (χ1) is 10.8. The van der Waals surface area contributed by atoms with Gasteiger partial charge < -0.3 is 5.11 Å². The molecule has 22 heavy (non-hydrogen) atoms. The number of hydrogen-bond acceptors (Lipinski definition) is 4. The fraction of sp³-hybridized carbons (Fsp3) is 0.111. The fourth-order valence-electron chi connectivity index (χ4n) is 2.32. The normalized spacial score (nSPS) is 22.2. The van der Waals surface area contributed by atoms with Crippen molar-refractivity contribution >= 4 is 28.3 Å². The fourth-order valence-corrected chi connectivity index (χ4v) is 3.57. The standard InChI is InChI=1S/C18H15NO2S/c20-12-15-16(21)11-17(13-7-3-1-4-8-13)22-18(15)19-14-9-5-2-6-10-14/h1-10,12,17,20H,11H2/b15-12-,19-18?. The second-order valence-electron chi connectivity index (χ2n) is 4.94. The molecule has 1 aliphatic heterocycles. The second kappa shape index (κ2) is 6.62. The van der Waals surface area contributed by atoms with E-state index in [9.17, 15) is 9.90 Å². The number of carbonyl (C=O) groups excluding carboxylic acids is 1. The number of aliphatic hydroxyl groups is 1. The number of nitrogens with zero attached hydrogens (tertiary/aromatic N) is 1.